The van der Waals surface area contributed by atoms with Crippen molar-refractivity contribution in [2.75, 3.05) is 31.5 Å². The molecule has 1 aromatic carbocycles. The Balaban J connectivity index is 1.31. The molecule has 3 heterocycles. The van der Waals surface area contributed by atoms with E-state index in [1.165, 1.54) is 18.2 Å². The van der Waals surface area contributed by atoms with Gasteiger partial charge in [-0.3, -0.25) is 14.7 Å². The minimum Gasteiger partial charge on any atom is -0.342 e. The number of sulfone groups is 1. The van der Waals surface area contributed by atoms with Gasteiger partial charge in [-0.25, -0.2) is 13.2 Å². The first-order chi connectivity index (χ1) is 17.4. The van der Waals surface area contributed by atoms with Crippen molar-refractivity contribution >= 4 is 27.5 Å². The highest BCUT2D eigenvalue weighted by Crippen LogP contribution is 2.27. The predicted octanol–water partition coefficient (Wildman–Crippen LogP) is 3.02. The number of benzene rings is 1. The van der Waals surface area contributed by atoms with Gasteiger partial charge in [0.2, 0.25) is 5.91 Å². The van der Waals surface area contributed by atoms with Crippen LogP contribution in [0.2, 0.25) is 0 Å². The van der Waals surface area contributed by atoms with Crippen LogP contribution in [0.4, 0.5) is 10.5 Å². The summed E-state index contributed by atoms with van der Waals surface area (Å²) in [5, 5.41) is 4.63. The lowest BCUT2D eigenvalue weighted by Crippen LogP contribution is -2.46. The Labute approximate surface area is 212 Å². The molecule has 2 N–H and O–H groups in total. The van der Waals surface area contributed by atoms with Crippen molar-refractivity contribution in [3.05, 3.63) is 67.0 Å². The molecule has 1 atom stereocenters. The number of anilines is 1. The summed E-state index contributed by atoms with van der Waals surface area (Å²) >= 11 is 0. The van der Waals surface area contributed by atoms with Crippen molar-refractivity contribution < 1.29 is 18.0 Å². The zero-order valence-electron chi connectivity index (χ0n) is 20.3. The molecule has 36 heavy (non-hydrogen) atoms. The summed E-state index contributed by atoms with van der Waals surface area (Å²) in [4.78, 5) is 32.2. The van der Waals surface area contributed by atoms with Crippen LogP contribution in [-0.2, 0) is 21.2 Å². The van der Waals surface area contributed by atoms with Gasteiger partial charge in [0, 0.05) is 57.2 Å². The fourth-order valence-corrected chi connectivity index (χ4v) is 6.45. The number of hydrogen-bond donors (Lipinski definition) is 2. The molecule has 1 aromatic heterocycles. The zero-order chi connectivity index (χ0) is 25.5. The molecule has 0 radical (unpaired) electrons. The number of carbonyl (C=O) groups is 2. The quantitative estimate of drug-likeness (QED) is 0.501. The van der Waals surface area contributed by atoms with Crippen LogP contribution < -0.4 is 10.6 Å². The maximum absolute atomic E-state index is 13.4. The van der Waals surface area contributed by atoms with Crippen molar-refractivity contribution in [3.63, 3.8) is 0 Å². The normalized spacial score (nSPS) is 18.1. The van der Waals surface area contributed by atoms with E-state index in [1.54, 1.807) is 30.6 Å². The summed E-state index contributed by atoms with van der Waals surface area (Å²) in [7, 11) is -3.68. The van der Waals surface area contributed by atoms with E-state index in [1.807, 2.05) is 15.9 Å². The standard InChI is InChI=1S/C26H33N5O4S/c1-2-25(30-15-11-20(12-16-30)19-31-14-4-6-24(31)32)36(34,35)23-9-7-22(8-10-23)29-26(33)28-18-21-5-3-13-27-17-21/h2-3,5,7-10,13,17,20,25H,1,4,6,11-12,14-16,18-19H2,(H2,28,29,33). The number of urea groups is 1. The average Bonchev–Trinajstić information content (AvgIpc) is 3.29. The molecule has 4 rings (SSSR count). The second kappa shape index (κ2) is 11.7. The monoisotopic (exact) mass is 511 g/mol. The van der Waals surface area contributed by atoms with E-state index in [0.717, 1.165) is 37.9 Å². The summed E-state index contributed by atoms with van der Waals surface area (Å²) in [6.45, 7) is 7.01. The van der Waals surface area contributed by atoms with Crippen LogP contribution in [0.5, 0.6) is 0 Å². The summed E-state index contributed by atoms with van der Waals surface area (Å²) in [5.41, 5.74) is 1.36. The van der Waals surface area contributed by atoms with E-state index in [-0.39, 0.29) is 10.8 Å². The molecule has 2 fully saturated rings. The van der Waals surface area contributed by atoms with Crippen molar-refractivity contribution in [3.8, 4) is 0 Å². The summed E-state index contributed by atoms with van der Waals surface area (Å²) in [6, 6.07) is 9.44. The molecule has 192 valence electrons. The molecule has 2 saturated heterocycles. The Hall–Kier alpha value is -3.24. The Morgan fingerprint density at radius 3 is 2.53 bits per heavy atom. The molecule has 2 aliphatic heterocycles. The number of carbonyl (C=O) groups excluding carboxylic acids is 2. The fourth-order valence-electron chi connectivity index (χ4n) is 4.80. The average molecular weight is 512 g/mol. The number of nitrogens with one attached hydrogen (secondary N) is 2. The highest BCUT2D eigenvalue weighted by atomic mass is 32.2. The molecular formula is C26H33N5O4S. The van der Waals surface area contributed by atoms with E-state index in [4.69, 9.17) is 0 Å². The first kappa shape index (κ1) is 25.8. The zero-order valence-corrected chi connectivity index (χ0v) is 21.1. The molecule has 9 nitrogen and oxygen atoms in total. The highest BCUT2D eigenvalue weighted by Gasteiger charge is 2.34. The Kier molecular flexibility index (Phi) is 8.37. The van der Waals surface area contributed by atoms with Crippen LogP contribution >= 0.6 is 0 Å². The van der Waals surface area contributed by atoms with Gasteiger partial charge in [0.15, 0.2) is 9.84 Å². The van der Waals surface area contributed by atoms with Crippen LogP contribution in [0.25, 0.3) is 0 Å². The number of hydrogen-bond acceptors (Lipinski definition) is 6. The lowest BCUT2D eigenvalue weighted by molar-refractivity contribution is -0.128. The molecule has 2 aliphatic rings. The number of nitrogens with zero attached hydrogens (tertiary/aromatic N) is 3. The smallest absolute Gasteiger partial charge is 0.319 e. The number of aromatic nitrogens is 1. The molecule has 0 saturated carbocycles. The van der Waals surface area contributed by atoms with Gasteiger partial charge in [-0.15, -0.1) is 6.58 Å². The molecule has 0 aliphatic carbocycles. The number of likely N-dealkylation sites (tertiary alicyclic amines) is 2. The van der Waals surface area contributed by atoms with Crippen LogP contribution in [0.3, 0.4) is 0 Å². The van der Waals surface area contributed by atoms with Crippen LogP contribution in [0, 0.1) is 5.92 Å². The van der Waals surface area contributed by atoms with Gasteiger partial charge in [0.25, 0.3) is 0 Å². The van der Waals surface area contributed by atoms with Gasteiger partial charge in [-0.2, -0.15) is 0 Å². The first-order valence-electron chi connectivity index (χ1n) is 12.3. The molecule has 0 bridgehead atoms. The lowest BCUT2D eigenvalue weighted by atomic mass is 9.96. The summed E-state index contributed by atoms with van der Waals surface area (Å²) in [5.74, 6) is 0.624. The van der Waals surface area contributed by atoms with Crippen molar-refractivity contribution in [1.29, 1.82) is 0 Å². The lowest BCUT2D eigenvalue weighted by Gasteiger charge is -2.37. The van der Waals surface area contributed by atoms with E-state index >= 15 is 0 Å². The Morgan fingerprint density at radius 2 is 1.92 bits per heavy atom. The molecule has 0 spiro atoms. The van der Waals surface area contributed by atoms with Crippen LogP contribution in [-0.4, -0.2) is 66.7 Å². The first-order valence-corrected chi connectivity index (χ1v) is 13.8. The van der Waals surface area contributed by atoms with E-state index in [0.29, 0.717) is 37.7 Å². The largest absolute Gasteiger partial charge is 0.342 e. The number of rotatable bonds is 9. The predicted molar refractivity (Wildman–Crippen MR) is 138 cm³/mol. The summed E-state index contributed by atoms with van der Waals surface area (Å²) in [6.07, 6.45) is 8.08. The van der Waals surface area contributed by atoms with Gasteiger partial charge in [0.1, 0.15) is 5.37 Å². The van der Waals surface area contributed by atoms with Gasteiger partial charge < -0.3 is 15.5 Å². The SMILES string of the molecule is C=CC(N1CCC(CN2CCCC2=O)CC1)S(=O)(=O)c1ccc(NC(=O)NCc2cccnc2)cc1. The molecular weight excluding hydrogens is 478 g/mol. The van der Waals surface area contributed by atoms with Crippen molar-refractivity contribution in [2.24, 2.45) is 5.92 Å². The highest BCUT2D eigenvalue weighted by molar-refractivity contribution is 7.92. The van der Waals surface area contributed by atoms with E-state index in [9.17, 15) is 18.0 Å². The van der Waals surface area contributed by atoms with Crippen LogP contribution in [0.15, 0.2) is 66.3 Å². The van der Waals surface area contributed by atoms with Gasteiger partial charge in [0.05, 0.1) is 4.90 Å². The Bertz CT molecular complexity index is 1160. The molecule has 1 unspecified atom stereocenters. The Morgan fingerprint density at radius 1 is 1.17 bits per heavy atom. The second-order valence-corrected chi connectivity index (χ2v) is 11.3. The minimum absolute atomic E-state index is 0.179. The van der Waals surface area contributed by atoms with Crippen LogP contribution in [0.1, 0.15) is 31.2 Å². The van der Waals surface area contributed by atoms with Crippen molar-refractivity contribution in [1.82, 2.24) is 20.1 Å². The van der Waals surface area contributed by atoms with Gasteiger partial charge in [-0.05, 0) is 61.1 Å². The molecule has 2 aromatic rings. The maximum Gasteiger partial charge on any atom is 0.319 e. The number of amides is 3. The molecule has 10 heteroatoms. The summed E-state index contributed by atoms with van der Waals surface area (Å²) < 4.78 is 26.8. The van der Waals surface area contributed by atoms with E-state index < -0.39 is 21.2 Å². The topological polar surface area (TPSA) is 112 Å². The maximum atomic E-state index is 13.4. The third-order valence-electron chi connectivity index (χ3n) is 6.80. The number of pyridine rings is 1. The second-order valence-electron chi connectivity index (χ2n) is 9.29. The third kappa shape index (κ3) is 6.30. The van der Waals surface area contributed by atoms with Crippen molar-refractivity contribution in [2.45, 2.75) is 42.5 Å². The molecule has 3 amide bonds. The van der Waals surface area contributed by atoms with Gasteiger partial charge >= 0.3 is 6.03 Å². The fraction of sp³-hybridized carbons (Fsp3) is 0.423. The number of piperidine rings is 1. The van der Waals surface area contributed by atoms with E-state index in [2.05, 4.69) is 22.2 Å². The minimum atomic E-state index is -3.68. The third-order valence-corrected chi connectivity index (χ3v) is 8.85. The van der Waals surface area contributed by atoms with Gasteiger partial charge in [-0.1, -0.05) is 12.1 Å².